The Morgan fingerprint density at radius 3 is 2.52 bits per heavy atom. The molecule has 21 heavy (non-hydrogen) atoms. The first kappa shape index (κ1) is 15.3. The molecule has 0 aromatic rings. The summed E-state index contributed by atoms with van der Waals surface area (Å²) in [6, 6.07) is 0. The predicted molar refractivity (Wildman–Crippen MR) is 83.1 cm³/mol. The molecule has 2 saturated heterocycles. The number of carbonyl (C=O) groups is 1. The topological polar surface area (TPSA) is 41.6 Å². The van der Waals surface area contributed by atoms with Crippen LogP contribution in [0.25, 0.3) is 0 Å². The number of likely N-dealkylation sites (tertiary alicyclic amines) is 1. The highest BCUT2D eigenvalue weighted by atomic mass is 16.5. The number of hydrogen-bond donors (Lipinski definition) is 1. The Hall–Kier alpha value is -0.610. The first-order valence-corrected chi connectivity index (χ1v) is 8.86. The SMILES string of the molecule is O=C(C[C@H]1CCCOC1)NCC1CCN(CC2CC2)CC1. The van der Waals surface area contributed by atoms with E-state index in [9.17, 15) is 4.79 Å². The lowest BCUT2D eigenvalue weighted by Gasteiger charge is -2.32. The van der Waals surface area contributed by atoms with Crippen LogP contribution < -0.4 is 5.32 Å². The number of nitrogens with zero attached hydrogens (tertiary/aromatic N) is 1. The summed E-state index contributed by atoms with van der Waals surface area (Å²) in [5.74, 6) is 2.36. The summed E-state index contributed by atoms with van der Waals surface area (Å²) in [7, 11) is 0. The van der Waals surface area contributed by atoms with Crippen LogP contribution in [0.4, 0.5) is 0 Å². The molecule has 2 aliphatic heterocycles. The molecule has 1 N–H and O–H groups in total. The Bertz CT molecular complexity index is 330. The molecule has 0 bridgehead atoms. The van der Waals surface area contributed by atoms with Crippen molar-refractivity contribution in [3.05, 3.63) is 0 Å². The summed E-state index contributed by atoms with van der Waals surface area (Å²) in [6.45, 7) is 6.30. The van der Waals surface area contributed by atoms with E-state index in [0.717, 1.165) is 38.5 Å². The minimum atomic E-state index is 0.228. The maximum absolute atomic E-state index is 12.0. The number of hydrogen-bond acceptors (Lipinski definition) is 3. The number of carbonyl (C=O) groups excluding carboxylic acids is 1. The molecule has 3 fully saturated rings. The number of nitrogens with one attached hydrogen (secondary N) is 1. The van der Waals surface area contributed by atoms with E-state index in [1.54, 1.807) is 0 Å². The lowest BCUT2D eigenvalue weighted by atomic mass is 9.95. The van der Waals surface area contributed by atoms with Crippen LogP contribution in [0.2, 0.25) is 0 Å². The molecule has 3 rings (SSSR count). The predicted octanol–water partition coefficient (Wildman–Crippen LogP) is 2.04. The van der Waals surface area contributed by atoms with Gasteiger partial charge in [0.2, 0.25) is 5.91 Å². The third kappa shape index (κ3) is 5.26. The Labute approximate surface area is 128 Å². The molecule has 0 aromatic heterocycles. The van der Waals surface area contributed by atoms with Crippen molar-refractivity contribution < 1.29 is 9.53 Å². The molecule has 3 aliphatic rings. The molecule has 120 valence electrons. The third-order valence-electron chi connectivity index (χ3n) is 5.24. The van der Waals surface area contributed by atoms with E-state index in [1.165, 1.54) is 45.3 Å². The largest absolute Gasteiger partial charge is 0.381 e. The van der Waals surface area contributed by atoms with Crippen LogP contribution in [0.5, 0.6) is 0 Å². The van der Waals surface area contributed by atoms with Gasteiger partial charge in [0.1, 0.15) is 0 Å². The van der Waals surface area contributed by atoms with Gasteiger partial charge in [-0.15, -0.1) is 0 Å². The molecular formula is C17H30N2O2. The lowest BCUT2D eigenvalue weighted by molar-refractivity contribution is -0.123. The fourth-order valence-corrected chi connectivity index (χ4v) is 3.60. The van der Waals surface area contributed by atoms with Crippen molar-refractivity contribution in [1.82, 2.24) is 10.2 Å². The number of rotatable bonds is 6. The van der Waals surface area contributed by atoms with Crippen molar-refractivity contribution in [3.8, 4) is 0 Å². The first-order valence-electron chi connectivity index (χ1n) is 8.86. The quantitative estimate of drug-likeness (QED) is 0.815. The van der Waals surface area contributed by atoms with Crippen molar-refractivity contribution in [1.29, 1.82) is 0 Å². The molecule has 0 radical (unpaired) electrons. The molecule has 1 amide bonds. The van der Waals surface area contributed by atoms with E-state index in [2.05, 4.69) is 10.2 Å². The molecular weight excluding hydrogens is 264 g/mol. The van der Waals surface area contributed by atoms with Crippen LogP contribution in [0.3, 0.4) is 0 Å². The Morgan fingerprint density at radius 1 is 1.05 bits per heavy atom. The normalized spacial score (nSPS) is 28.5. The van der Waals surface area contributed by atoms with Gasteiger partial charge in [0, 0.05) is 32.7 Å². The molecule has 1 atom stereocenters. The van der Waals surface area contributed by atoms with Gasteiger partial charge >= 0.3 is 0 Å². The minimum Gasteiger partial charge on any atom is -0.381 e. The monoisotopic (exact) mass is 294 g/mol. The number of amides is 1. The second-order valence-electron chi connectivity index (χ2n) is 7.28. The first-order chi connectivity index (χ1) is 10.3. The van der Waals surface area contributed by atoms with E-state index in [0.29, 0.717) is 18.3 Å². The van der Waals surface area contributed by atoms with Gasteiger partial charge in [0.15, 0.2) is 0 Å². The van der Waals surface area contributed by atoms with Gasteiger partial charge in [-0.1, -0.05) is 0 Å². The minimum absolute atomic E-state index is 0.228. The molecule has 2 heterocycles. The molecule has 0 aromatic carbocycles. The van der Waals surface area contributed by atoms with Gasteiger partial charge in [-0.25, -0.2) is 0 Å². The highest BCUT2D eigenvalue weighted by Gasteiger charge is 2.27. The van der Waals surface area contributed by atoms with Gasteiger partial charge in [-0.2, -0.15) is 0 Å². The van der Waals surface area contributed by atoms with E-state index < -0.39 is 0 Å². The Kier molecular flexibility index (Phi) is 5.53. The van der Waals surface area contributed by atoms with E-state index in [1.807, 2.05) is 0 Å². The summed E-state index contributed by atoms with van der Waals surface area (Å²) in [4.78, 5) is 14.6. The molecule has 4 nitrogen and oxygen atoms in total. The van der Waals surface area contributed by atoms with Gasteiger partial charge in [0.05, 0.1) is 0 Å². The summed E-state index contributed by atoms with van der Waals surface area (Å²) in [5, 5.41) is 3.15. The molecule has 4 heteroatoms. The Morgan fingerprint density at radius 2 is 1.86 bits per heavy atom. The van der Waals surface area contributed by atoms with Crippen LogP contribution in [-0.4, -0.2) is 50.2 Å². The fraction of sp³-hybridized carbons (Fsp3) is 0.941. The van der Waals surface area contributed by atoms with Crippen molar-refractivity contribution in [2.24, 2.45) is 17.8 Å². The zero-order valence-electron chi connectivity index (χ0n) is 13.2. The van der Waals surface area contributed by atoms with Crippen molar-refractivity contribution in [2.75, 3.05) is 39.4 Å². The molecule has 0 spiro atoms. The van der Waals surface area contributed by atoms with Crippen LogP contribution in [-0.2, 0) is 9.53 Å². The summed E-state index contributed by atoms with van der Waals surface area (Å²) >= 11 is 0. The van der Waals surface area contributed by atoms with E-state index in [-0.39, 0.29) is 5.91 Å². The Balaban J connectivity index is 1.27. The zero-order chi connectivity index (χ0) is 14.5. The second kappa shape index (κ2) is 7.59. The summed E-state index contributed by atoms with van der Waals surface area (Å²) in [6.07, 6.45) is 8.30. The highest BCUT2D eigenvalue weighted by molar-refractivity contribution is 5.76. The van der Waals surface area contributed by atoms with Gasteiger partial charge in [-0.05, 0) is 69.4 Å². The third-order valence-corrected chi connectivity index (χ3v) is 5.24. The molecule has 0 unspecified atom stereocenters. The van der Waals surface area contributed by atoms with Crippen LogP contribution in [0.1, 0.15) is 44.9 Å². The standard InChI is InChI=1S/C17H30N2O2/c20-17(10-16-2-1-9-21-13-16)18-11-14-5-7-19(8-6-14)12-15-3-4-15/h14-16H,1-13H2,(H,18,20)/t16-/m1/s1. The average Bonchev–Trinajstić information content (AvgIpc) is 3.32. The fourth-order valence-electron chi connectivity index (χ4n) is 3.60. The van der Waals surface area contributed by atoms with Gasteiger partial charge < -0.3 is 15.0 Å². The average molecular weight is 294 g/mol. The summed E-state index contributed by atoms with van der Waals surface area (Å²) < 4.78 is 5.44. The van der Waals surface area contributed by atoms with E-state index >= 15 is 0 Å². The second-order valence-corrected chi connectivity index (χ2v) is 7.28. The van der Waals surface area contributed by atoms with Crippen LogP contribution in [0.15, 0.2) is 0 Å². The summed E-state index contributed by atoms with van der Waals surface area (Å²) in [5.41, 5.74) is 0. The van der Waals surface area contributed by atoms with Gasteiger partial charge in [0.25, 0.3) is 0 Å². The maximum atomic E-state index is 12.0. The molecule has 1 aliphatic carbocycles. The highest BCUT2D eigenvalue weighted by Crippen LogP contribution is 2.31. The van der Waals surface area contributed by atoms with Gasteiger partial charge in [-0.3, -0.25) is 4.79 Å². The van der Waals surface area contributed by atoms with Crippen molar-refractivity contribution in [3.63, 3.8) is 0 Å². The van der Waals surface area contributed by atoms with Crippen LogP contribution >= 0.6 is 0 Å². The van der Waals surface area contributed by atoms with Crippen molar-refractivity contribution >= 4 is 5.91 Å². The number of piperidine rings is 1. The lowest BCUT2D eigenvalue weighted by Crippen LogP contribution is -2.39. The zero-order valence-corrected chi connectivity index (χ0v) is 13.2. The maximum Gasteiger partial charge on any atom is 0.220 e. The number of ether oxygens (including phenoxy) is 1. The van der Waals surface area contributed by atoms with E-state index in [4.69, 9.17) is 4.74 Å². The van der Waals surface area contributed by atoms with Crippen LogP contribution in [0, 0.1) is 17.8 Å². The molecule has 1 saturated carbocycles. The smallest absolute Gasteiger partial charge is 0.220 e. The van der Waals surface area contributed by atoms with Crippen molar-refractivity contribution in [2.45, 2.75) is 44.9 Å².